The Kier molecular flexibility index (Phi) is 3.39. The Labute approximate surface area is 99.8 Å². The average Bonchev–Trinajstić information content (AvgIpc) is 2.77. The molecule has 0 spiro atoms. The lowest BCUT2D eigenvalue weighted by Crippen LogP contribution is -2.28. The summed E-state index contributed by atoms with van der Waals surface area (Å²) in [6, 6.07) is 7.89. The second kappa shape index (κ2) is 4.78. The van der Waals surface area contributed by atoms with Gasteiger partial charge in [0.15, 0.2) is 0 Å². The number of hydrogen-bond donors (Lipinski definition) is 0. The summed E-state index contributed by atoms with van der Waals surface area (Å²) in [4.78, 5) is 13.4. The predicted molar refractivity (Wildman–Crippen MR) is 65.6 cm³/mol. The van der Waals surface area contributed by atoms with Crippen LogP contribution in [0.5, 0.6) is 5.75 Å². The zero-order chi connectivity index (χ0) is 11.5. The Morgan fingerprint density at radius 3 is 2.94 bits per heavy atom. The molecule has 0 radical (unpaired) electrons. The highest BCUT2D eigenvalue weighted by molar-refractivity contribution is 7.99. The van der Waals surface area contributed by atoms with E-state index in [1.165, 1.54) is 0 Å². The number of thioether (sulfide) groups is 1. The van der Waals surface area contributed by atoms with Crippen LogP contribution in [0.3, 0.4) is 0 Å². The van der Waals surface area contributed by atoms with Gasteiger partial charge in [0.2, 0.25) is 5.91 Å². The van der Waals surface area contributed by atoms with Crippen LogP contribution in [0.15, 0.2) is 24.3 Å². The minimum atomic E-state index is 0.105. The van der Waals surface area contributed by atoms with Crippen LogP contribution in [0.2, 0.25) is 0 Å². The van der Waals surface area contributed by atoms with Crippen molar-refractivity contribution in [1.82, 2.24) is 4.90 Å². The zero-order valence-corrected chi connectivity index (χ0v) is 10.3. The smallest absolute Gasteiger partial charge is 0.220 e. The SMILES string of the molecule is COc1ccccc1C1SCCN1C(C)=O. The molecule has 0 N–H and O–H groups in total. The van der Waals surface area contributed by atoms with Gasteiger partial charge in [-0.05, 0) is 6.07 Å². The van der Waals surface area contributed by atoms with Gasteiger partial charge in [-0.2, -0.15) is 0 Å². The Morgan fingerprint density at radius 2 is 2.25 bits per heavy atom. The van der Waals surface area contributed by atoms with Gasteiger partial charge >= 0.3 is 0 Å². The van der Waals surface area contributed by atoms with Crippen molar-refractivity contribution in [3.05, 3.63) is 29.8 Å². The summed E-state index contributed by atoms with van der Waals surface area (Å²) < 4.78 is 5.33. The number of carbonyl (C=O) groups is 1. The van der Waals surface area contributed by atoms with E-state index in [1.54, 1.807) is 25.8 Å². The van der Waals surface area contributed by atoms with Crippen molar-refractivity contribution in [3.8, 4) is 5.75 Å². The van der Waals surface area contributed by atoms with Gasteiger partial charge < -0.3 is 9.64 Å². The average molecular weight is 237 g/mol. The van der Waals surface area contributed by atoms with Gasteiger partial charge in [0.1, 0.15) is 11.1 Å². The van der Waals surface area contributed by atoms with Gasteiger partial charge in [-0.3, -0.25) is 4.79 Å². The number of rotatable bonds is 2. The molecule has 1 saturated heterocycles. The van der Waals surface area contributed by atoms with Crippen molar-refractivity contribution in [2.75, 3.05) is 19.4 Å². The molecule has 4 heteroatoms. The molecule has 0 aliphatic carbocycles. The first-order chi connectivity index (χ1) is 7.74. The highest BCUT2D eigenvalue weighted by Gasteiger charge is 2.30. The van der Waals surface area contributed by atoms with Crippen LogP contribution in [0.25, 0.3) is 0 Å². The fraction of sp³-hybridized carbons (Fsp3) is 0.417. The molecule has 1 atom stereocenters. The summed E-state index contributed by atoms with van der Waals surface area (Å²) in [5, 5.41) is 0.105. The van der Waals surface area contributed by atoms with Gasteiger partial charge in [-0.1, -0.05) is 18.2 Å². The zero-order valence-electron chi connectivity index (χ0n) is 9.47. The number of benzene rings is 1. The Bertz CT molecular complexity index is 394. The van der Waals surface area contributed by atoms with Crippen molar-refractivity contribution < 1.29 is 9.53 Å². The molecule has 1 amide bonds. The molecule has 0 aromatic heterocycles. The van der Waals surface area contributed by atoms with Gasteiger partial charge in [0.25, 0.3) is 0 Å². The maximum Gasteiger partial charge on any atom is 0.220 e. The van der Waals surface area contributed by atoms with Crippen LogP contribution in [0.4, 0.5) is 0 Å². The molecule has 1 fully saturated rings. The third kappa shape index (κ3) is 2.02. The molecule has 86 valence electrons. The second-order valence-corrected chi connectivity index (χ2v) is 4.87. The summed E-state index contributed by atoms with van der Waals surface area (Å²) in [5.41, 5.74) is 1.09. The van der Waals surface area contributed by atoms with E-state index in [4.69, 9.17) is 4.74 Å². The number of amides is 1. The molecular formula is C12H15NO2S. The lowest BCUT2D eigenvalue weighted by Gasteiger charge is -2.23. The highest BCUT2D eigenvalue weighted by atomic mass is 32.2. The molecule has 1 aliphatic heterocycles. The molecular weight excluding hydrogens is 222 g/mol. The third-order valence-corrected chi connectivity index (χ3v) is 3.94. The third-order valence-electron chi connectivity index (χ3n) is 2.70. The monoisotopic (exact) mass is 237 g/mol. The van der Waals surface area contributed by atoms with Crippen molar-refractivity contribution >= 4 is 17.7 Å². The minimum absolute atomic E-state index is 0.105. The lowest BCUT2D eigenvalue weighted by molar-refractivity contribution is -0.128. The molecule has 2 rings (SSSR count). The summed E-state index contributed by atoms with van der Waals surface area (Å²) >= 11 is 1.79. The quantitative estimate of drug-likeness (QED) is 0.790. The van der Waals surface area contributed by atoms with Crippen molar-refractivity contribution in [2.24, 2.45) is 0 Å². The van der Waals surface area contributed by atoms with Crippen LogP contribution < -0.4 is 4.74 Å². The maximum absolute atomic E-state index is 11.5. The Balaban J connectivity index is 2.32. The molecule has 1 heterocycles. The molecule has 0 saturated carbocycles. The first-order valence-corrected chi connectivity index (χ1v) is 6.30. The summed E-state index contributed by atoms with van der Waals surface area (Å²) in [5.74, 6) is 1.97. The molecule has 1 aliphatic rings. The molecule has 16 heavy (non-hydrogen) atoms. The fourth-order valence-corrected chi connectivity index (χ4v) is 3.25. The van der Waals surface area contributed by atoms with Crippen molar-refractivity contribution in [2.45, 2.75) is 12.3 Å². The van der Waals surface area contributed by atoms with Gasteiger partial charge in [-0.25, -0.2) is 0 Å². The van der Waals surface area contributed by atoms with E-state index in [0.717, 1.165) is 23.6 Å². The van der Waals surface area contributed by atoms with E-state index in [-0.39, 0.29) is 11.3 Å². The van der Waals surface area contributed by atoms with Crippen molar-refractivity contribution in [3.63, 3.8) is 0 Å². The maximum atomic E-state index is 11.5. The normalized spacial score (nSPS) is 19.9. The van der Waals surface area contributed by atoms with Gasteiger partial charge in [-0.15, -0.1) is 11.8 Å². The predicted octanol–water partition coefficient (Wildman–Crippen LogP) is 2.29. The van der Waals surface area contributed by atoms with E-state index >= 15 is 0 Å². The summed E-state index contributed by atoms with van der Waals surface area (Å²) in [7, 11) is 1.66. The number of para-hydroxylation sites is 1. The first kappa shape index (κ1) is 11.3. The van der Waals surface area contributed by atoms with Crippen LogP contribution in [0, 0.1) is 0 Å². The number of hydrogen-bond acceptors (Lipinski definition) is 3. The van der Waals surface area contributed by atoms with Gasteiger partial charge in [0.05, 0.1) is 7.11 Å². The summed E-state index contributed by atoms with van der Waals surface area (Å²) in [6.07, 6.45) is 0. The largest absolute Gasteiger partial charge is 0.496 e. The van der Waals surface area contributed by atoms with E-state index in [9.17, 15) is 4.79 Å². The topological polar surface area (TPSA) is 29.5 Å². The summed E-state index contributed by atoms with van der Waals surface area (Å²) in [6.45, 7) is 2.44. The van der Waals surface area contributed by atoms with Crippen LogP contribution >= 0.6 is 11.8 Å². The number of carbonyl (C=O) groups excluding carboxylic acids is 1. The minimum Gasteiger partial charge on any atom is -0.496 e. The molecule has 3 nitrogen and oxygen atoms in total. The second-order valence-electron chi connectivity index (χ2n) is 3.68. The van der Waals surface area contributed by atoms with Crippen molar-refractivity contribution in [1.29, 1.82) is 0 Å². The molecule has 1 aromatic carbocycles. The fourth-order valence-electron chi connectivity index (χ4n) is 1.92. The Morgan fingerprint density at radius 1 is 1.50 bits per heavy atom. The van der Waals surface area contributed by atoms with E-state index in [1.807, 2.05) is 29.2 Å². The van der Waals surface area contributed by atoms with Gasteiger partial charge in [0, 0.05) is 24.8 Å². The standard InChI is InChI=1S/C12H15NO2S/c1-9(14)13-7-8-16-12(13)10-5-3-4-6-11(10)15-2/h3-6,12H,7-8H2,1-2H3. The number of methoxy groups -OCH3 is 1. The highest BCUT2D eigenvalue weighted by Crippen LogP contribution is 2.41. The van der Waals surface area contributed by atoms with Crippen LogP contribution in [-0.2, 0) is 4.79 Å². The van der Waals surface area contributed by atoms with E-state index in [0.29, 0.717) is 0 Å². The molecule has 1 unspecified atom stereocenters. The van der Waals surface area contributed by atoms with Crippen LogP contribution in [0.1, 0.15) is 17.9 Å². The number of nitrogens with zero attached hydrogens (tertiary/aromatic N) is 1. The van der Waals surface area contributed by atoms with E-state index in [2.05, 4.69) is 0 Å². The molecule has 0 bridgehead atoms. The lowest BCUT2D eigenvalue weighted by atomic mass is 10.2. The van der Waals surface area contributed by atoms with Crippen LogP contribution in [-0.4, -0.2) is 30.2 Å². The molecule has 1 aromatic rings. The Hall–Kier alpha value is -1.16. The van der Waals surface area contributed by atoms with E-state index < -0.39 is 0 Å². The first-order valence-electron chi connectivity index (χ1n) is 5.25. The number of ether oxygens (including phenoxy) is 1.